The van der Waals surface area contributed by atoms with Gasteiger partial charge in [0.05, 0.1) is 6.42 Å². The van der Waals surface area contributed by atoms with E-state index in [0.29, 0.717) is 11.3 Å². The lowest BCUT2D eigenvalue weighted by atomic mass is 10.0. The van der Waals surface area contributed by atoms with Gasteiger partial charge in [0.1, 0.15) is 18.0 Å². The molecule has 12 nitrogen and oxygen atoms in total. The molecule has 46 heavy (non-hydrogen) atoms. The highest BCUT2D eigenvalue weighted by atomic mass is 16.6. The number of carbonyl (C=O) groups excluding carboxylic acids is 5. The number of benzene rings is 3. The van der Waals surface area contributed by atoms with Crippen LogP contribution in [0.4, 0.5) is 10.5 Å². The fraction of sp³-hybridized carbons (Fsp3) is 0.294. The highest BCUT2D eigenvalue weighted by Crippen LogP contribution is 2.26. The predicted molar refractivity (Wildman–Crippen MR) is 170 cm³/mol. The van der Waals surface area contributed by atoms with Crippen LogP contribution in [-0.4, -0.2) is 72.3 Å². The third-order valence-corrected chi connectivity index (χ3v) is 6.84. The monoisotopic (exact) mass is 627 g/mol. The van der Waals surface area contributed by atoms with Crippen molar-refractivity contribution in [2.45, 2.75) is 38.9 Å². The van der Waals surface area contributed by atoms with E-state index in [-0.39, 0.29) is 38.4 Å². The number of rotatable bonds is 10. The van der Waals surface area contributed by atoms with Gasteiger partial charge in [0, 0.05) is 30.9 Å². The van der Waals surface area contributed by atoms with Crippen molar-refractivity contribution in [3.63, 3.8) is 0 Å². The molecule has 4 amide bonds. The smallest absolute Gasteiger partial charge is 0.413 e. The minimum absolute atomic E-state index is 0.000205. The summed E-state index contributed by atoms with van der Waals surface area (Å²) in [5.74, 6) is -2.83. The third kappa shape index (κ3) is 9.24. The molecule has 0 saturated carbocycles. The maximum Gasteiger partial charge on any atom is 0.413 e. The van der Waals surface area contributed by atoms with E-state index in [1.165, 1.54) is 4.90 Å². The van der Waals surface area contributed by atoms with Crippen LogP contribution in [-0.2, 0) is 28.7 Å². The van der Waals surface area contributed by atoms with E-state index in [1.807, 2.05) is 60.7 Å². The molecule has 3 aromatic carbocycles. The second-order valence-corrected chi connectivity index (χ2v) is 11.5. The van der Waals surface area contributed by atoms with Gasteiger partial charge < -0.3 is 24.6 Å². The van der Waals surface area contributed by atoms with Gasteiger partial charge in [0.2, 0.25) is 5.91 Å². The Morgan fingerprint density at radius 3 is 2.00 bits per heavy atom. The van der Waals surface area contributed by atoms with Gasteiger partial charge in [-0.3, -0.25) is 29.9 Å². The van der Waals surface area contributed by atoms with Crippen LogP contribution >= 0.6 is 0 Å². The normalized spacial score (nSPS) is 13.3. The number of nitrogens with zero attached hydrogens (tertiary/aromatic N) is 2. The molecular weight excluding hydrogens is 590 g/mol. The fourth-order valence-electron chi connectivity index (χ4n) is 4.67. The number of nitrogens with one attached hydrogen (secondary N) is 3. The number of piperazine rings is 1. The lowest BCUT2D eigenvalue weighted by Gasteiger charge is -2.33. The number of esters is 1. The van der Waals surface area contributed by atoms with E-state index in [9.17, 15) is 24.0 Å². The molecule has 0 unspecified atom stereocenters. The molecule has 0 spiro atoms. The van der Waals surface area contributed by atoms with E-state index in [1.54, 1.807) is 45.0 Å². The fourth-order valence-corrected chi connectivity index (χ4v) is 4.67. The average molecular weight is 628 g/mol. The van der Waals surface area contributed by atoms with E-state index < -0.39 is 41.5 Å². The number of amidine groups is 1. The zero-order chi connectivity index (χ0) is 33.3. The van der Waals surface area contributed by atoms with Gasteiger partial charge in [-0.25, -0.2) is 4.79 Å². The summed E-state index contributed by atoms with van der Waals surface area (Å²) in [4.78, 5) is 65.3. The van der Waals surface area contributed by atoms with Crippen molar-refractivity contribution in [2.75, 3.05) is 31.1 Å². The molecule has 1 aliphatic rings. The summed E-state index contributed by atoms with van der Waals surface area (Å²) < 4.78 is 10.9. The summed E-state index contributed by atoms with van der Waals surface area (Å²) in [5.41, 5.74) is 1.73. The molecule has 1 aliphatic heterocycles. The SMILES string of the molecule is CC(C)(C)OC(=O)NC(=N)c1ccc(N2CCN(CC(=O)NCCC(=O)OC(c3ccccc3)c3ccccc3)C(=O)C2=O)cc1. The molecule has 1 fully saturated rings. The number of amides is 4. The van der Waals surface area contributed by atoms with Gasteiger partial charge >= 0.3 is 23.9 Å². The predicted octanol–water partition coefficient (Wildman–Crippen LogP) is 3.55. The molecule has 1 heterocycles. The molecule has 0 aromatic heterocycles. The molecule has 0 aliphatic carbocycles. The Labute approximate surface area is 267 Å². The van der Waals surface area contributed by atoms with E-state index in [2.05, 4.69) is 10.6 Å². The minimum Gasteiger partial charge on any atom is -0.452 e. The summed E-state index contributed by atoms with van der Waals surface area (Å²) in [6.07, 6.45) is -1.44. The summed E-state index contributed by atoms with van der Waals surface area (Å²) in [5, 5.41) is 13.1. The van der Waals surface area contributed by atoms with Crippen LogP contribution in [0.5, 0.6) is 0 Å². The number of anilines is 1. The summed E-state index contributed by atoms with van der Waals surface area (Å²) in [7, 11) is 0. The van der Waals surface area contributed by atoms with Crippen LogP contribution in [0.2, 0.25) is 0 Å². The van der Waals surface area contributed by atoms with Gasteiger partial charge in [0.25, 0.3) is 0 Å². The maximum absolute atomic E-state index is 12.9. The first kappa shape index (κ1) is 33.4. The zero-order valence-electron chi connectivity index (χ0n) is 25.9. The first-order chi connectivity index (χ1) is 21.9. The lowest BCUT2D eigenvalue weighted by Crippen LogP contribution is -2.56. The van der Waals surface area contributed by atoms with Gasteiger partial charge in [-0.05, 0) is 56.2 Å². The van der Waals surface area contributed by atoms with Crippen molar-refractivity contribution in [3.05, 3.63) is 102 Å². The largest absolute Gasteiger partial charge is 0.452 e. The Balaban J connectivity index is 1.24. The van der Waals surface area contributed by atoms with E-state index in [0.717, 1.165) is 16.0 Å². The number of alkyl carbamates (subject to hydrolysis) is 1. The molecular formula is C34H37N5O7. The lowest BCUT2D eigenvalue weighted by molar-refractivity contribution is -0.148. The minimum atomic E-state index is -0.835. The Hall–Kier alpha value is -5.52. The highest BCUT2D eigenvalue weighted by molar-refractivity contribution is 6.41. The van der Waals surface area contributed by atoms with Crippen molar-refractivity contribution in [3.8, 4) is 0 Å². The van der Waals surface area contributed by atoms with Crippen molar-refractivity contribution in [1.29, 1.82) is 5.41 Å². The van der Waals surface area contributed by atoms with Crippen LogP contribution in [0.3, 0.4) is 0 Å². The molecule has 1 saturated heterocycles. The van der Waals surface area contributed by atoms with Crippen molar-refractivity contribution >= 4 is 41.3 Å². The van der Waals surface area contributed by atoms with Crippen molar-refractivity contribution in [2.24, 2.45) is 0 Å². The highest BCUT2D eigenvalue weighted by Gasteiger charge is 2.34. The van der Waals surface area contributed by atoms with E-state index in [4.69, 9.17) is 14.9 Å². The number of hydrogen-bond acceptors (Lipinski definition) is 8. The Bertz CT molecular complexity index is 1530. The zero-order valence-corrected chi connectivity index (χ0v) is 25.9. The van der Waals surface area contributed by atoms with Crippen molar-refractivity contribution < 1.29 is 33.4 Å². The number of hydrogen-bond donors (Lipinski definition) is 3. The van der Waals surface area contributed by atoms with Gasteiger partial charge in [-0.1, -0.05) is 60.7 Å². The van der Waals surface area contributed by atoms with Gasteiger partial charge in [0.15, 0.2) is 6.10 Å². The molecule has 240 valence electrons. The molecule has 0 bridgehead atoms. The van der Waals surface area contributed by atoms with Crippen LogP contribution in [0.15, 0.2) is 84.9 Å². The first-order valence-corrected chi connectivity index (χ1v) is 14.8. The molecule has 0 radical (unpaired) electrons. The molecule has 3 N–H and O–H groups in total. The Morgan fingerprint density at radius 1 is 0.848 bits per heavy atom. The van der Waals surface area contributed by atoms with Crippen LogP contribution < -0.4 is 15.5 Å². The van der Waals surface area contributed by atoms with Crippen LogP contribution in [0, 0.1) is 5.41 Å². The first-order valence-electron chi connectivity index (χ1n) is 14.8. The third-order valence-electron chi connectivity index (χ3n) is 6.84. The van der Waals surface area contributed by atoms with Crippen LogP contribution in [0.1, 0.15) is 50.0 Å². The van der Waals surface area contributed by atoms with Crippen LogP contribution in [0.25, 0.3) is 0 Å². The topological polar surface area (TPSA) is 158 Å². The second-order valence-electron chi connectivity index (χ2n) is 11.5. The molecule has 12 heteroatoms. The number of carbonyl (C=O) groups is 5. The standard InChI is InChI=1S/C34H37N5O7/c1-34(2,3)46-33(44)37-30(35)25-14-16-26(17-15-25)39-21-20-38(31(42)32(39)43)22-27(40)36-19-18-28(41)45-29(23-10-6-4-7-11-23)24-12-8-5-9-13-24/h4-17,29H,18-22H2,1-3H3,(H,36,40)(H2,35,37,44). The Kier molecular flexibility index (Phi) is 10.9. The molecule has 0 atom stereocenters. The maximum atomic E-state index is 12.9. The van der Waals surface area contributed by atoms with Gasteiger partial charge in [-0.2, -0.15) is 0 Å². The Morgan fingerprint density at radius 2 is 1.43 bits per heavy atom. The quantitative estimate of drug-likeness (QED) is 0.134. The van der Waals surface area contributed by atoms with Crippen molar-refractivity contribution in [1.82, 2.24) is 15.5 Å². The average Bonchev–Trinajstić information content (AvgIpc) is 3.02. The van der Waals surface area contributed by atoms with Gasteiger partial charge in [-0.15, -0.1) is 0 Å². The summed E-state index contributed by atoms with van der Waals surface area (Å²) >= 11 is 0. The second kappa shape index (κ2) is 15.0. The van der Waals surface area contributed by atoms with E-state index >= 15 is 0 Å². The number of ether oxygens (including phenoxy) is 2. The summed E-state index contributed by atoms with van der Waals surface area (Å²) in [6, 6.07) is 24.9. The summed E-state index contributed by atoms with van der Waals surface area (Å²) in [6.45, 7) is 5.07. The molecule has 3 aromatic rings. The molecule has 4 rings (SSSR count).